The van der Waals surface area contributed by atoms with Gasteiger partial charge in [-0.2, -0.15) is 0 Å². The van der Waals surface area contributed by atoms with Crippen molar-refractivity contribution in [3.63, 3.8) is 0 Å². The number of carboxylic acid groups (broad SMARTS) is 1. The van der Waals surface area contributed by atoms with E-state index < -0.39 is 5.97 Å². The third kappa shape index (κ3) is 4.77. The van der Waals surface area contributed by atoms with Crippen LogP contribution < -0.4 is 4.74 Å². The molecule has 128 valence electrons. The van der Waals surface area contributed by atoms with Gasteiger partial charge in [0.2, 0.25) is 0 Å². The smallest absolute Gasteiger partial charge is 0.341 e. The molecule has 3 aromatic rings. The molecule has 0 aliphatic carbocycles. The van der Waals surface area contributed by atoms with Crippen LogP contribution in [0.1, 0.15) is 11.1 Å². The maximum absolute atomic E-state index is 10.6. The summed E-state index contributed by atoms with van der Waals surface area (Å²) in [5.74, 6) is 0.655. The van der Waals surface area contributed by atoms with E-state index in [1.54, 1.807) is 11.8 Å². The van der Waals surface area contributed by atoms with Crippen molar-refractivity contribution in [1.29, 1.82) is 0 Å². The fraction of sp³-hybridized carbons (Fsp3) is 0.190. The standard InChI is InChI=1S/C21H20O3S/c1-15-12-19(8-9-20(15)24-14-21(22)23)25-11-10-16-6-7-17-4-2-3-5-18(17)13-16/h2-9,12-13H,10-11,14H2,1H3,(H,22,23). The van der Waals surface area contributed by atoms with Crippen molar-refractivity contribution in [2.75, 3.05) is 12.4 Å². The molecule has 3 nitrogen and oxygen atoms in total. The number of benzene rings is 3. The lowest BCUT2D eigenvalue weighted by molar-refractivity contribution is -0.139. The maximum atomic E-state index is 10.6. The Labute approximate surface area is 151 Å². The van der Waals surface area contributed by atoms with Gasteiger partial charge in [0.15, 0.2) is 6.61 Å². The molecule has 0 heterocycles. The molecule has 1 N–H and O–H groups in total. The molecule has 0 unspecified atom stereocenters. The molecule has 0 aromatic heterocycles. The van der Waals surface area contributed by atoms with E-state index >= 15 is 0 Å². The highest BCUT2D eigenvalue weighted by Crippen LogP contribution is 2.26. The highest BCUT2D eigenvalue weighted by Gasteiger charge is 2.05. The van der Waals surface area contributed by atoms with E-state index in [1.807, 2.05) is 25.1 Å². The van der Waals surface area contributed by atoms with Gasteiger partial charge in [-0.3, -0.25) is 0 Å². The highest BCUT2D eigenvalue weighted by atomic mass is 32.2. The zero-order chi connectivity index (χ0) is 17.6. The summed E-state index contributed by atoms with van der Waals surface area (Å²) in [6.07, 6.45) is 1.01. The number of hydrogen-bond acceptors (Lipinski definition) is 3. The third-order valence-electron chi connectivity index (χ3n) is 3.97. The Kier molecular flexibility index (Phi) is 5.61. The molecule has 0 radical (unpaired) electrons. The summed E-state index contributed by atoms with van der Waals surface area (Å²) in [6.45, 7) is 1.62. The van der Waals surface area contributed by atoms with Crippen LogP contribution in [0.3, 0.4) is 0 Å². The quantitative estimate of drug-likeness (QED) is 0.611. The predicted molar refractivity (Wildman–Crippen MR) is 103 cm³/mol. The zero-order valence-electron chi connectivity index (χ0n) is 14.1. The Hall–Kier alpha value is -2.46. The number of rotatable bonds is 7. The van der Waals surface area contributed by atoms with Crippen LogP contribution in [0.25, 0.3) is 10.8 Å². The molecule has 0 spiro atoms. The summed E-state index contributed by atoms with van der Waals surface area (Å²) < 4.78 is 5.26. The van der Waals surface area contributed by atoms with E-state index in [4.69, 9.17) is 9.84 Å². The topological polar surface area (TPSA) is 46.5 Å². The second kappa shape index (κ2) is 8.08. The largest absolute Gasteiger partial charge is 0.482 e. The van der Waals surface area contributed by atoms with Gasteiger partial charge in [-0.15, -0.1) is 11.8 Å². The van der Waals surface area contributed by atoms with Crippen molar-refractivity contribution in [1.82, 2.24) is 0 Å². The minimum Gasteiger partial charge on any atom is -0.482 e. The van der Waals surface area contributed by atoms with Crippen LogP contribution in [-0.2, 0) is 11.2 Å². The van der Waals surface area contributed by atoms with Crippen molar-refractivity contribution in [2.45, 2.75) is 18.2 Å². The Balaban J connectivity index is 1.57. The number of hydrogen-bond donors (Lipinski definition) is 1. The highest BCUT2D eigenvalue weighted by molar-refractivity contribution is 7.99. The van der Waals surface area contributed by atoms with Crippen molar-refractivity contribution < 1.29 is 14.6 Å². The Morgan fingerprint density at radius 1 is 1.04 bits per heavy atom. The number of carboxylic acids is 1. The monoisotopic (exact) mass is 352 g/mol. The van der Waals surface area contributed by atoms with Gasteiger partial charge < -0.3 is 9.84 Å². The Morgan fingerprint density at radius 3 is 2.60 bits per heavy atom. The Morgan fingerprint density at radius 2 is 1.84 bits per heavy atom. The molecule has 0 aliphatic heterocycles. The van der Waals surface area contributed by atoms with Gasteiger partial charge in [-0.25, -0.2) is 4.79 Å². The average Bonchev–Trinajstić information content (AvgIpc) is 2.61. The lowest BCUT2D eigenvalue weighted by atomic mass is 10.1. The van der Waals surface area contributed by atoms with Crippen LogP contribution in [0.15, 0.2) is 65.6 Å². The van der Waals surface area contributed by atoms with E-state index in [-0.39, 0.29) is 6.61 Å². The summed E-state index contributed by atoms with van der Waals surface area (Å²) >= 11 is 1.80. The van der Waals surface area contributed by atoms with E-state index in [0.717, 1.165) is 17.7 Å². The van der Waals surface area contributed by atoms with Gasteiger partial charge in [0.05, 0.1) is 0 Å². The molecule has 0 saturated heterocycles. The normalized spacial score (nSPS) is 10.8. The van der Waals surface area contributed by atoms with Crippen LogP contribution in [0.5, 0.6) is 5.75 Å². The number of thioether (sulfide) groups is 1. The van der Waals surface area contributed by atoms with Crippen molar-refractivity contribution in [3.05, 3.63) is 71.8 Å². The molecule has 0 fully saturated rings. The van der Waals surface area contributed by atoms with Gasteiger partial charge in [0.1, 0.15) is 5.75 Å². The summed E-state index contributed by atoms with van der Waals surface area (Å²) in [5, 5.41) is 11.2. The number of carbonyl (C=O) groups is 1. The minimum absolute atomic E-state index is 0.310. The fourth-order valence-corrected chi connectivity index (χ4v) is 3.69. The first-order chi connectivity index (χ1) is 12.1. The van der Waals surface area contributed by atoms with Crippen LogP contribution in [-0.4, -0.2) is 23.4 Å². The first-order valence-corrected chi connectivity index (χ1v) is 9.16. The SMILES string of the molecule is Cc1cc(SCCc2ccc3ccccc3c2)ccc1OCC(=O)O. The van der Waals surface area contributed by atoms with Gasteiger partial charge in [-0.1, -0.05) is 42.5 Å². The summed E-state index contributed by atoms with van der Waals surface area (Å²) in [7, 11) is 0. The van der Waals surface area contributed by atoms with Gasteiger partial charge in [0, 0.05) is 10.6 Å². The van der Waals surface area contributed by atoms with Crippen LogP contribution in [0.4, 0.5) is 0 Å². The molecule has 0 aliphatic rings. The van der Waals surface area contributed by atoms with Crippen LogP contribution >= 0.6 is 11.8 Å². The van der Waals surface area contributed by atoms with Crippen molar-refractivity contribution in [2.24, 2.45) is 0 Å². The van der Waals surface area contributed by atoms with Gasteiger partial charge >= 0.3 is 5.97 Å². The van der Waals surface area contributed by atoms with Crippen LogP contribution in [0, 0.1) is 6.92 Å². The van der Waals surface area contributed by atoms with Gasteiger partial charge in [0.25, 0.3) is 0 Å². The van der Waals surface area contributed by atoms with E-state index in [1.165, 1.54) is 21.2 Å². The number of fused-ring (bicyclic) bond motifs is 1. The molecule has 3 rings (SSSR count). The first kappa shape index (κ1) is 17.4. The van der Waals surface area contributed by atoms with E-state index in [0.29, 0.717) is 5.75 Å². The molecule has 0 saturated carbocycles. The summed E-state index contributed by atoms with van der Waals surface area (Å²) in [4.78, 5) is 11.7. The molecular formula is C21H20O3S. The van der Waals surface area contributed by atoms with E-state index in [9.17, 15) is 4.79 Å². The molecule has 25 heavy (non-hydrogen) atoms. The molecule has 0 atom stereocenters. The van der Waals surface area contributed by atoms with Crippen molar-refractivity contribution >= 4 is 28.5 Å². The molecule has 0 bridgehead atoms. The molecule has 0 amide bonds. The average molecular weight is 352 g/mol. The summed E-state index contributed by atoms with van der Waals surface area (Å²) in [5.41, 5.74) is 2.29. The van der Waals surface area contributed by atoms with E-state index in [2.05, 4.69) is 42.5 Å². The van der Waals surface area contributed by atoms with Gasteiger partial charge in [-0.05, 0) is 53.4 Å². The first-order valence-electron chi connectivity index (χ1n) is 8.17. The summed E-state index contributed by atoms with van der Waals surface area (Å²) in [6, 6.07) is 20.9. The second-order valence-corrected chi connectivity index (χ2v) is 7.06. The molecule has 4 heteroatoms. The lowest BCUT2D eigenvalue weighted by Crippen LogP contribution is -2.10. The zero-order valence-corrected chi connectivity index (χ0v) is 14.9. The lowest BCUT2D eigenvalue weighted by Gasteiger charge is -2.09. The number of aliphatic carboxylic acids is 1. The second-order valence-electron chi connectivity index (χ2n) is 5.89. The number of ether oxygens (including phenoxy) is 1. The fourth-order valence-electron chi connectivity index (χ4n) is 2.69. The molecular weight excluding hydrogens is 332 g/mol. The predicted octanol–water partition coefficient (Wildman–Crippen LogP) is 4.95. The Bertz CT molecular complexity index is 889. The third-order valence-corrected chi connectivity index (χ3v) is 4.97. The van der Waals surface area contributed by atoms with Crippen LogP contribution in [0.2, 0.25) is 0 Å². The van der Waals surface area contributed by atoms with Crippen molar-refractivity contribution in [3.8, 4) is 5.75 Å². The maximum Gasteiger partial charge on any atom is 0.341 e. The number of aryl methyl sites for hydroxylation is 2. The minimum atomic E-state index is -0.965. The molecule has 3 aromatic carbocycles.